The van der Waals surface area contributed by atoms with E-state index in [9.17, 15) is 22.8 Å². The number of rotatable bonds is 2. The highest BCUT2D eigenvalue weighted by Gasteiger charge is 2.54. The Kier molecular flexibility index (Phi) is 4.69. The number of carbonyl (C=O) groups excluding carboxylic acids is 2. The van der Waals surface area contributed by atoms with Crippen LogP contribution >= 0.6 is 0 Å². The number of aryl methyl sites for hydroxylation is 1. The van der Waals surface area contributed by atoms with E-state index in [1.807, 2.05) is 0 Å². The lowest BCUT2D eigenvalue weighted by Gasteiger charge is -2.28. The second kappa shape index (κ2) is 6.65. The first-order chi connectivity index (χ1) is 13.4. The third-order valence-corrected chi connectivity index (χ3v) is 5.24. The number of carbonyl (C=O) groups is 2. The summed E-state index contributed by atoms with van der Waals surface area (Å²) >= 11 is 0. The molecule has 1 aromatic rings. The summed E-state index contributed by atoms with van der Waals surface area (Å²) in [6.07, 6.45) is -3.09. The molecule has 0 saturated carbocycles. The molecule has 29 heavy (non-hydrogen) atoms. The van der Waals surface area contributed by atoms with Gasteiger partial charge in [-0.05, 0) is 56.7 Å². The molecule has 1 atom stereocenters. The fourth-order valence-corrected chi connectivity index (χ4v) is 3.54. The first-order valence-corrected chi connectivity index (χ1v) is 8.82. The minimum atomic E-state index is -4.67. The largest absolute Gasteiger partial charge is 0.399 e. The minimum absolute atomic E-state index is 0.0935. The van der Waals surface area contributed by atoms with E-state index in [0.29, 0.717) is 16.9 Å². The number of benzene rings is 1. The number of alkyl halides is 3. The van der Waals surface area contributed by atoms with E-state index in [1.54, 1.807) is 31.2 Å². The zero-order valence-corrected chi connectivity index (χ0v) is 16.0. The maximum atomic E-state index is 13.4. The predicted octanol–water partition coefficient (Wildman–Crippen LogP) is 4.04. The first kappa shape index (κ1) is 20.5. The Morgan fingerprint density at radius 2 is 1.90 bits per heavy atom. The summed E-state index contributed by atoms with van der Waals surface area (Å²) in [6.45, 7) is 4.80. The van der Waals surface area contributed by atoms with Crippen LogP contribution in [0.5, 0.6) is 0 Å². The molecule has 1 unspecified atom stereocenters. The molecule has 0 spiro atoms. The lowest BCUT2D eigenvalue weighted by Crippen LogP contribution is -2.44. The smallest absolute Gasteiger partial charge is 0.396 e. The maximum absolute atomic E-state index is 13.4. The van der Waals surface area contributed by atoms with E-state index in [4.69, 9.17) is 11.0 Å². The quantitative estimate of drug-likeness (QED) is 0.595. The van der Waals surface area contributed by atoms with Crippen molar-refractivity contribution in [2.45, 2.75) is 38.9 Å². The third-order valence-electron chi connectivity index (χ3n) is 5.24. The van der Waals surface area contributed by atoms with Crippen molar-refractivity contribution >= 4 is 23.3 Å². The lowest BCUT2D eigenvalue weighted by atomic mass is 9.89. The van der Waals surface area contributed by atoms with E-state index in [1.165, 1.54) is 24.8 Å². The van der Waals surface area contributed by atoms with Crippen LogP contribution in [0.15, 0.2) is 41.6 Å². The Morgan fingerprint density at radius 3 is 2.45 bits per heavy atom. The van der Waals surface area contributed by atoms with Crippen LogP contribution in [0.2, 0.25) is 0 Å². The second-order valence-electron chi connectivity index (χ2n) is 7.55. The molecule has 1 aromatic carbocycles. The van der Waals surface area contributed by atoms with Gasteiger partial charge in [-0.25, -0.2) is 9.69 Å². The average Bonchev–Trinajstić information content (AvgIpc) is 2.81. The standard InChI is InChI=1S/C20H19F3N4O2/c1-11-8-14(6-7-16(11)25)27-18(29)26(17(28)19(27,2)3)13-5-4-12(10-24)15(9-13)20(21,22)23/h4-8,15H,9,25H2,1-3H3. The molecule has 0 aromatic heterocycles. The molecule has 3 rings (SSSR count). The molecule has 0 radical (unpaired) electrons. The predicted molar refractivity (Wildman–Crippen MR) is 100 cm³/mol. The minimum Gasteiger partial charge on any atom is -0.399 e. The van der Waals surface area contributed by atoms with E-state index < -0.39 is 41.6 Å². The fourth-order valence-electron chi connectivity index (χ4n) is 3.54. The number of amides is 3. The lowest BCUT2D eigenvalue weighted by molar-refractivity contribution is -0.164. The number of hydrogen-bond donors (Lipinski definition) is 1. The monoisotopic (exact) mass is 404 g/mol. The Hall–Kier alpha value is -3.28. The summed E-state index contributed by atoms with van der Waals surface area (Å²) in [4.78, 5) is 28.2. The van der Waals surface area contributed by atoms with E-state index in [2.05, 4.69) is 0 Å². The SMILES string of the molecule is Cc1cc(N2C(=O)N(C3=CC=C(C#N)C(C(F)(F)F)C3)C(=O)C2(C)C)ccc1N. The molecule has 6 nitrogen and oxygen atoms in total. The summed E-state index contributed by atoms with van der Waals surface area (Å²) in [5.41, 5.74) is 5.59. The van der Waals surface area contributed by atoms with E-state index >= 15 is 0 Å². The number of urea groups is 1. The summed E-state index contributed by atoms with van der Waals surface area (Å²) in [6, 6.07) is 5.63. The summed E-state index contributed by atoms with van der Waals surface area (Å²) in [5.74, 6) is -2.71. The molecule has 0 bridgehead atoms. The number of nitriles is 1. The summed E-state index contributed by atoms with van der Waals surface area (Å²) in [5, 5.41) is 8.99. The van der Waals surface area contributed by atoms with Gasteiger partial charge >= 0.3 is 12.2 Å². The third kappa shape index (κ3) is 3.24. The van der Waals surface area contributed by atoms with Crippen molar-refractivity contribution in [3.05, 3.63) is 47.2 Å². The van der Waals surface area contributed by atoms with Crippen molar-refractivity contribution in [1.82, 2.24) is 4.90 Å². The van der Waals surface area contributed by atoms with E-state index in [0.717, 1.165) is 11.0 Å². The van der Waals surface area contributed by atoms with Crippen LogP contribution in [0.4, 0.5) is 29.3 Å². The van der Waals surface area contributed by atoms with Crippen molar-refractivity contribution in [1.29, 1.82) is 5.26 Å². The molecule has 152 valence electrons. The zero-order chi connectivity index (χ0) is 21.7. The molecule has 3 amide bonds. The molecule has 1 heterocycles. The Bertz CT molecular complexity index is 1000. The highest BCUT2D eigenvalue weighted by Crippen LogP contribution is 2.43. The van der Waals surface area contributed by atoms with Gasteiger partial charge in [-0.1, -0.05) is 0 Å². The number of hydrogen-bond acceptors (Lipinski definition) is 4. The van der Waals surface area contributed by atoms with Gasteiger partial charge in [-0.15, -0.1) is 0 Å². The fraction of sp³-hybridized carbons (Fsp3) is 0.350. The molecule has 9 heteroatoms. The normalized spacial score (nSPS) is 21.8. The number of nitrogens with two attached hydrogens (primary N) is 1. The van der Waals surface area contributed by atoms with Crippen molar-refractivity contribution in [2.24, 2.45) is 5.92 Å². The van der Waals surface area contributed by atoms with Crippen LogP contribution in [0.3, 0.4) is 0 Å². The molecule has 1 aliphatic carbocycles. The number of imide groups is 1. The van der Waals surface area contributed by atoms with Gasteiger partial charge < -0.3 is 5.73 Å². The van der Waals surface area contributed by atoms with Gasteiger partial charge in [0.15, 0.2) is 0 Å². The molecule has 2 aliphatic rings. The van der Waals surface area contributed by atoms with Crippen LogP contribution in [0.25, 0.3) is 0 Å². The van der Waals surface area contributed by atoms with Gasteiger partial charge in [0.05, 0.1) is 12.0 Å². The molecule has 2 N–H and O–H groups in total. The highest BCUT2D eigenvalue weighted by molar-refractivity contribution is 6.17. The summed E-state index contributed by atoms with van der Waals surface area (Å²) in [7, 11) is 0. The van der Waals surface area contributed by atoms with Crippen LogP contribution in [-0.4, -0.2) is 28.6 Å². The number of anilines is 2. The van der Waals surface area contributed by atoms with Gasteiger partial charge in [0.1, 0.15) is 5.54 Å². The van der Waals surface area contributed by atoms with Gasteiger partial charge in [0, 0.05) is 29.1 Å². The number of nitrogens with zero attached hydrogens (tertiary/aromatic N) is 3. The van der Waals surface area contributed by atoms with Gasteiger partial charge in [0.25, 0.3) is 5.91 Å². The Morgan fingerprint density at radius 1 is 1.24 bits per heavy atom. The topological polar surface area (TPSA) is 90.4 Å². The molecule has 1 fully saturated rings. The molecule has 1 aliphatic heterocycles. The van der Waals surface area contributed by atoms with Crippen molar-refractivity contribution in [3.63, 3.8) is 0 Å². The Balaban J connectivity index is 2.04. The number of nitrogen functional groups attached to an aromatic ring is 1. The van der Waals surface area contributed by atoms with E-state index in [-0.39, 0.29) is 5.70 Å². The van der Waals surface area contributed by atoms with Crippen LogP contribution in [0.1, 0.15) is 25.8 Å². The van der Waals surface area contributed by atoms with Gasteiger partial charge in [-0.2, -0.15) is 18.4 Å². The first-order valence-electron chi connectivity index (χ1n) is 8.82. The molecular formula is C20H19F3N4O2. The van der Waals surface area contributed by atoms with Gasteiger partial charge in [0.2, 0.25) is 0 Å². The number of allylic oxidation sites excluding steroid dienone is 4. The van der Waals surface area contributed by atoms with Crippen LogP contribution < -0.4 is 10.6 Å². The second-order valence-corrected chi connectivity index (χ2v) is 7.55. The van der Waals surface area contributed by atoms with Crippen LogP contribution in [0, 0.1) is 24.2 Å². The van der Waals surface area contributed by atoms with Crippen molar-refractivity contribution < 1.29 is 22.8 Å². The summed E-state index contributed by atoms with van der Waals surface area (Å²) < 4.78 is 40.1. The van der Waals surface area contributed by atoms with Gasteiger partial charge in [-0.3, -0.25) is 9.69 Å². The molecular weight excluding hydrogens is 385 g/mol. The number of halogens is 3. The van der Waals surface area contributed by atoms with Crippen molar-refractivity contribution in [2.75, 3.05) is 10.6 Å². The average molecular weight is 404 g/mol. The highest BCUT2D eigenvalue weighted by atomic mass is 19.4. The van der Waals surface area contributed by atoms with Crippen molar-refractivity contribution in [3.8, 4) is 6.07 Å². The Labute approximate surface area is 165 Å². The zero-order valence-electron chi connectivity index (χ0n) is 16.0. The molecule has 1 saturated heterocycles. The van der Waals surface area contributed by atoms with Crippen LogP contribution in [-0.2, 0) is 4.79 Å². The maximum Gasteiger partial charge on any atom is 0.396 e.